The minimum absolute atomic E-state index is 0.0716. The molecule has 0 saturated carbocycles. The number of ether oxygens (including phenoxy) is 2. The van der Waals surface area contributed by atoms with Gasteiger partial charge in [-0.1, -0.05) is 0 Å². The molecule has 0 aromatic heterocycles. The molecule has 4 heteroatoms. The maximum absolute atomic E-state index is 11.1. The summed E-state index contributed by atoms with van der Waals surface area (Å²) in [5.74, 6) is -0.642. The average molecular weight is 196 g/mol. The standard InChI is InChI=1S/C10H12O4/c1-6-7(5-9(12)13-6)10(2)4-3-8(11)14-10/h3-4,6-7H,5H2,1-2H3. The van der Waals surface area contributed by atoms with Crippen LogP contribution in [0.3, 0.4) is 0 Å². The van der Waals surface area contributed by atoms with E-state index in [4.69, 9.17) is 9.47 Å². The van der Waals surface area contributed by atoms with Gasteiger partial charge < -0.3 is 9.47 Å². The van der Waals surface area contributed by atoms with E-state index in [9.17, 15) is 9.59 Å². The topological polar surface area (TPSA) is 52.6 Å². The van der Waals surface area contributed by atoms with Crippen LogP contribution < -0.4 is 0 Å². The molecule has 14 heavy (non-hydrogen) atoms. The SMILES string of the molecule is CC1OC(=O)CC1C1(C)C=CC(=O)O1. The van der Waals surface area contributed by atoms with Crippen LogP contribution in [0.4, 0.5) is 0 Å². The van der Waals surface area contributed by atoms with Gasteiger partial charge in [-0.15, -0.1) is 0 Å². The van der Waals surface area contributed by atoms with Gasteiger partial charge in [-0.2, -0.15) is 0 Å². The van der Waals surface area contributed by atoms with Crippen molar-refractivity contribution in [3.8, 4) is 0 Å². The number of carbonyl (C=O) groups excluding carboxylic acids is 2. The molecular formula is C10H12O4. The Bertz CT molecular complexity index is 320. The Labute approximate surface area is 81.9 Å². The Morgan fingerprint density at radius 2 is 2.21 bits per heavy atom. The van der Waals surface area contributed by atoms with E-state index in [0.717, 1.165) is 0 Å². The molecule has 0 radical (unpaired) electrons. The summed E-state index contributed by atoms with van der Waals surface area (Å²) in [5, 5.41) is 0. The van der Waals surface area contributed by atoms with Gasteiger partial charge >= 0.3 is 11.9 Å². The zero-order valence-corrected chi connectivity index (χ0v) is 8.15. The maximum Gasteiger partial charge on any atom is 0.331 e. The number of hydrogen-bond acceptors (Lipinski definition) is 4. The van der Waals surface area contributed by atoms with Crippen molar-refractivity contribution < 1.29 is 19.1 Å². The highest BCUT2D eigenvalue weighted by atomic mass is 16.6. The van der Waals surface area contributed by atoms with Crippen LogP contribution in [0.5, 0.6) is 0 Å². The van der Waals surface area contributed by atoms with E-state index in [0.29, 0.717) is 6.42 Å². The molecule has 0 aliphatic carbocycles. The smallest absolute Gasteiger partial charge is 0.331 e. The van der Waals surface area contributed by atoms with Crippen LogP contribution in [0.1, 0.15) is 20.3 Å². The normalized spacial score (nSPS) is 41.3. The zero-order chi connectivity index (χ0) is 10.3. The fourth-order valence-corrected chi connectivity index (χ4v) is 2.07. The van der Waals surface area contributed by atoms with Gasteiger partial charge in [-0.3, -0.25) is 4.79 Å². The molecule has 3 atom stereocenters. The lowest BCUT2D eigenvalue weighted by Crippen LogP contribution is -2.37. The molecule has 1 saturated heterocycles. The molecule has 2 heterocycles. The molecule has 0 aromatic rings. The lowest BCUT2D eigenvalue weighted by atomic mass is 9.84. The van der Waals surface area contributed by atoms with Crippen LogP contribution in [0, 0.1) is 5.92 Å². The fourth-order valence-electron chi connectivity index (χ4n) is 2.07. The number of carbonyl (C=O) groups is 2. The first-order valence-electron chi connectivity index (χ1n) is 4.63. The summed E-state index contributed by atoms with van der Waals surface area (Å²) in [5.41, 5.74) is -0.678. The van der Waals surface area contributed by atoms with Crippen molar-refractivity contribution in [1.29, 1.82) is 0 Å². The highest BCUT2D eigenvalue weighted by Crippen LogP contribution is 2.37. The van der Waals surface area contributed by atoms with Crippen molar-refractivity contribution in [3.05, 3.63) is 12.2 Å². The van der Waals surface area contributed by atoms with Gasteiger partial charge in [0.15, 0.2) is 0 Å². The van der Waals surface area contributed by atoms with E-state index in [1.165, 1.54) is 6.08 Å². The predicted molar refractivity (Wildman–Crippen MR) is 47.3 cm³/mol. The van der Waals surface area contributed by atoms with Crippen molar-refractivity contribution in [2.45, 2.75) is 32.0 Å². The van der Waals surface area contributed by atoms with E-state index in [2.05, 4.69) is 0 Å². The van der Waals surface area contributed by atoms with E-state index >= 15 is 0 Å². The predicted octanol–water partition coefficient (Wildman–Crippen LogP) is 0.810. The van der Waals surface area contributed by atoms with Crippen LogP contribution in [-0.4, -0.2) is 23.6 Å². The summed E-state index contributed by atoms with van der Waals surface area (Å²) in [6, 6.07) is 0. The Balaban J connectivity index is 2.19. The third-order valence-corrected chi connectivity index (χ3v) is 2.88. The van der Waals surface area contributed by atoms with Crippen molar-refractivity contribution in [1.82, 2.24) is 0 Å². The van der Waals surface area contributed by atoms with Crippen molar-refractivity contribution in [2.75, 3.05) is 0 Å². The Morgan fingerprint density at radius 1 is 1.50 bits per heavy atom. The van der Waals surface area contributed by atoms with Crippen molar-refractivity contribution in [3.63, 3.8) is 0 Å². The molecule has 1 fully saturated rings. The largest absolute Gasteiger partial charge is 0.462 e. The van der Waals surface area contributed by atoms with E-state index in [1.54, 1.807) is 13.0 Å². The first-order valence-corrected chi connectivity index (χ1v) is 4.63. The Hall–Kier alpha value is -1.32. The maximum atomic E-state index is 11.1. The summed E-state index contributed by atoms with van der Waals surface area (Å²) >= 11 is 0. The Morgan fingerprint density at radius 3 is 2.64 bits per heavy atom. The number of hydrogen-bond donors (Lipinski definition) is 0. The van der Waals surface area contributed by atoms with Crippen LogP contribution >= 0.6 is 0 Å². The quantitative estimate of drug-likeness (QED) is 0.582. The van der Waals surface area contributed by atoms with E-state index in [-0.39, 0.29) is 24.0 Å². The van der Waals surface area contributed by atoms with Crippen LogP contribution in [0.15, 0.2) is 12.2 Å². The minimum atomic E-state index is -0.678. The molecule has 0 aromatic carbocycles. The minimum Gasteiger partial charge on any atom is -0.462 e. The third-order valence-electron chi connectivity index (χ3n) is 2.88. The molecule has 0 bridgehead atoms. The van der Waals surface area contributed by atoms with Gasteiger partial charge in [-0.25, -0.2) is 4.79 Å². The van der Waals surface area contributed by atoms with Crippen molar-refractivity contribution >= 4 is 11.9 Å². The second-order valence-corrected chi connectivity index (χ2v) is 3.94. The number of cyclic esters (lactones) is 2. The molecule has 76 valence electrons. The summed E-state index contributed by atoms with van der Waals surface area (Å²) in [6.07, 6.45) is 3.23. The van der Waals surface area contributed by atoms with Gasteiger partial charge in [-0.05, 0) is 19.9 Å². The summed E-state index contributed by atoms with van der Waals surface area (Å²) in [6.45, 7) is 3.62. The highest BCUT2D eigenvalue weighted by molar-refractivity contribution is 5.85. The van der Waals surface area contributed by atoms with E-state index < -0.39 is 5.60 Å². The lowest BCUT2D eigenvalue weighted by Gasteiger charge is -2.29. The fraction of sp³-hybridized carbons (Fsp3) is 0.600. The van der Waals surface area contributed by atoms with Crippen molar-refractivity contribution in [2.24, 2.45) is 5.92 Å². The second-order valence-electron chi connectivity index (χ2n) is 3.94. The Kier molecular flexibility index (Phi) is 1.87. The lowest BCUT2D eigenvalue weighted by molar-refractivity contribution is -0.149. The molecule has 3 unspecified atom stereocenters. The highest BCUT2D eigenvalue weighted by Gasteiger charge is 2.47. The second kappa shape index (κ2) is 2.83. The summed E-state index contributed by atoms with van der Waals surface area (Å²) < 4.78 is 10.2. The summed E-state index contributed by atoms with van der Waals surface area (Å²) in [7, 11) is 0. The first-order chi connectivity index (χ1) is 6.51. The molecule has 0 spiro atoms. The van der Waals surface area contributed by atoms with E-state index in [1.807, 2.05) is 6.92 Å². The third kappa shape index (κ3) is 1.31. The molecule has 0 N–H and O–H groups in total. The van der Waals surface area contributed by atoms with Crippen LogP contribution in [0.25, 0.3) is 0 Å². The van der Waals surface area contributed by atoms with Gasteiger partial charge in [0, 0.05) is 12.0 Å². The number of rotatable bonds is 1. The first kappa shape index (κ1) is 9.24. The molecule has 2 aliphatic rings. The molecule has 2 rings (SSSR count). The van der Waals surface area contributed by atoms with Crippen LogP contribution in [0.2, 0.25) is 0 Å². The zero-order valence-electron chi connectivity index (χ0n) is 8.15. The van der Waals surface area contributed by atoms with Gasteiger partial charge in [0.1, 0.15) is 11.7 Å². The summed E-state index contributed by atoms with van der Waals surface area (Å²) in [4.78, 5) is 22.0. The number of esters is 2. The average Bonchev–Trinajstić information content (AvgIpc) is 2.57. The van der Waals surface area contributed by atoms with Crippen LogP contribution in [-0.2, 0) is 19.1 Å². The molecular weight excluding hydrogens is 184 g/mol. The molecule has 0 amide bonds. The monoisotopic (exact) mass is 196 g/mol. The molecule has 4 nitrogen and oxygen atoms in total. The molecule has 2 aliphatic heterocycles. The van der Waals surface area contributed by atoms with Gasteiger partial charge in [0.2, 0.25) is 0 Å². The van der Waals surface area contributed by atoms with Gasteiger partial charge in [0.05, 0.1) is 6.42 Å². The van der Waals surface area contributed by atoms with Gasteiger partial charge in [0.25, 0.3) is 0 Å².